The highest BCUT2D eigenvalue weighted by atomic mass is 35.5. The van der Waals surface area contributed by atoms with E-state index in [1.54, 1.807) is 0 Å². The quantitative estimate of drug-likeness (QED) is 0.782. The van der Waals surface area contributed by atoms with Crippen LogP contribution >= 0.6 is 11.6 Å². The Kier molecular flexibility index (Phi) is 5.62. The summed E-state index contributed by atoms with van der Waals surface area (Å²) in [6.45, 7) is 6.26. The third-order valence-electron chi connectivity index (χ3n) is 3.27. The molecule has 1 heterocycles. The molecule has 0 spiro atoms. The van der Waals surface area contributed by atoms with Gasteiger partial charge in [0.25, 0.3) is 0 Å². The van der Waals surface area contributed by atoms with E-state index in [1.165, 1.54) is 11.3 Å². The summed E-state index contributed by atoms with van der Waals surface area (Å²) in [5, 5.41) is 8.72. The zero-order valence-corrected chi connectivity index (χ0v) is 13.0. The second kappa shape index (κ2) is 7.46. The number of nitrogens with zero attached hydrogens (tertiary/aromatic N) is 2. The first-order valence-corrected chi connectivity index (χ1v) is 7.67. The van der Waals surface area contributed by atoms with Gasteiger partial charge in [-0.05, 0) is 31.5 Å². The smallest absolute Gasteiger partial charge is 0.0835 e. The van der Waals surface area contributed by atoms with E-state index in [1.807, 2.05) is 35.1 Å². The summed E-state index contributed by atoms with van der Waals surface area (Å²) in [4.78, 5) is 0. The highest BCUT2D eigenvalue weighted by molar-refractivity contribution is 6.32. The normalized spacial score (nSPS) is 10.9. The Morgan fingerprint density at radius 3 is 2.70 bits per heavy atom. The molecule has 3 nitrogen and oxygen atoms in total. The first-order chi connectivity index (χ1) is 9.77. The van der Waals surface area contributed by atoms with Crippen molar-refractivity contribution in [3.63, 3.8) is 0 Å². The van der Waals surface area contributed by atoms with Crippen LogP contribution in [0.5, 0.6) is 0 Å². The van der Waals surface area contributed by atoms with Crippen LogP contribution in [-0.2, 0) is 13.0 Å². The molecular weight excluding hydrogens is 270 g/mol. The van der Waals surface area contributed by atoms with Crippen LogP contribution in [0.15, 0.2) is 30.5 Å². The Bertz CT molecular complexity index is 548. The van der Waals surface area contributed by atoms with Gasteiger partial charge in [-0.25, -0.2) is 4.68 Å². The fourth-order valence-corrected chi connectivity index (χ4v) is 2.51. The molecule has 0 aliphatic heterocycles. The van der Waals surface area contributed by atoms with Crippen molar-refractivity contribution >= 4 is 11.6 Å². The minimum atomic E-state index is 0.737. The maximum absolute atomic E-state index is 6.29. The number of benzene rings is 1. The maximum atomic E-state index is 6.29. The van der Waals surface area contributed by atoms with Crippen LogP contribution in [-0.4, -0.2) is 16.3 Å². The minimum absolute atomic E-state index is 0.737. The van der Waals surface area contributed by atoms with E-state index in [-0.39, 0.29) is 0 Å². The molecule has 4 heteroatoms. The molecule has 0 radical (unpaired) electrons. The summed E-state index contributed by atoms with van der Waals surface area (Å²) < 4.78 is 1.98. The molecule has 20 heavy (non-hydrogen) atoms. The number of aromatic nitrogens is 2. The predicted molar refractivity (Wildman–Crippen MR) is 84.6 cm³/mol. The molecular formula is C16H22ClN3. The van der Waals surface area contributed by atoms with Crippen molar-refractivity contribution in [3.05, 3.63) is 46.7 Å². The lowest BCUT2D eigenvalue weighted by atomic mass is 10.1. The lowest BCUT2D eigenvalue weighted by molar-refractivity contribution is 0.666. The molecule has 0 bridgehead atoms. The monoisotopic (exact) mass is 291 g/mol. The van der Waals surface area contributed by atoms with Gasteiger partial charge in [0.05, 0.1) is 16.9 Å². The minimum Gasteiger partial charge on any atom is -0.313 e. The van der Waals surface area contributed by atoms with E-state index in [0.717, 1.165) is 43.1 Å². The Labute approximate surface area is 126 Å². The topological polar surface area (TPSA) is 29.9 Å². The van der Waals surface area contributed by atoms with E-state index < -0.39 is 0 Å². The molecule has 0 amide bonds. The molecule has 1 aromatic carbocycles. The number of rotatable bonds is 7. The van der Waals surface area contributed by atoms with Crippen molar-refractivity contribution in [1.82, 2.24) is 15.1 Å². The van der Waals surface area contributed by atoms with Crippen LogP contribution in [0, 0.1) is 0 Å². The second-order valence-corrected chi connectivity index (χ2v) is 5.31. The molecule has 0 aliphatic carbocycles. The highest BCUT2D eigenvalue weighted by Gasteiger charge is 2.13. The summed E-state index contributed by atoms with van der Waals surface area (Å²) >= 11 is 6.29. The van der Waals surface area contributed by atoms with Crippen LogP contribution in [0.2, 0.25) is 5.02 Å². The summed E-state index contributed by atoms with van der Waals surface area (Å²) in [6, 6.07) is 7.85. The highest BCUT2D eigenvalue weighted by Crippen LogP contribution is 2.23. The SMILES string of the molecule is CCCNCc1cnn(-c2ccccc2Cl)c1CCC. The van der Waals surface area contributed by atoms with Gasteiger partial charge in [-0.2, -0.15) is 5.10 Å². The number of nitrogens with one attached hydrogen (secondary N) is 1. The van der Waals surface area contributed by atoms with E-state index >= 15 is 0 Å². The van der Waals surface area contributed by atoms with Gasteiger partial charge >= 0.3 is 0 Å². The summed E-state index contributed by atoms with van der Waals surface area (Å²) in [5.74, 6) is 0. The largest absolute Gasteiger partial charge is 0.313 e. The lowest BCUT2D eigenvalue weighted by Crippen LogP contribution is -2.15. The standard InChI is InChI=1S/C16H22ClN3/c1-3-7-15-13(11-18-10-4-2)12-19-20(15)16-9-6-5-8-14(16)17/h5-6,8-9,12,18H,3-4,7,10-11H2,1-2H3. The molecule has 0 saturated heterocycles. The first kappa shape index (κ1) is 15.1. The van der Waals surface area contributed by atoms with Gasteiger partial charge in [-0.15, -0.1) is 0 Å². The fraction of sp³-hybridized carbons (Fsp3) is 0.438. The number of hydrogen-bond acceptors (Lipinski definition) is 2. The zero-order chi connectivity index (χ0) is 14.4. The first-order valence-electron chi connectivity index (χ1n) is 7.29. The van der Waals surface area contributed by atoms with Gasteiger partial charge in [-0.3, -0.25) is 0 Å². The molecule has 0 unspecified atom stereocenters. The predicted octanol–water partition coefficient (Wildman–Crippen LogP) is 3.98. The lowest BCUT2D eigenvalue weighted by Gasteiger charge is -2.10. The molecule has 2 rings (SSSR count). The van der Waals surface area contributed by atoms with Crippen molar-refractivity contribution in [1.29, 1.82) is 0 Å². The van der Waals surface area contributed by atoms with E-state index in [2.05, 4.69) is 24.3 Å². The summed E-state index contributed by atoms with van der Waals surface area (Å²) in [6.07, 6.45) is 5.20. The van der Waals surface area contributed by atoms with Crippen LogP contribution in [0.3, 0.4) is 0 Å². The number of hydrogen-bond donors (Lipinski definition) is 1. The van der Waals surface area contributed by atoms with Gasteiger partial charge in [0.1, 0.15) is 0 Å². The third-order valence-corrected chi connectivity index (χ3v) is 3.58. The van der Waals surface area contributed by atoms with Crippen molar-refractivity contribution < 1.29 is 0 Å². The Hall–Kier alpha value is -1.32. The van der Waals surface area contributed by atoms with Gasteiger partial charge < -0.3 is 5.32 Å². The van der Waals surface area contributed by atoms with E-state index in [9.17, 15) is 0 Å². The van der Waals surface area contributed by atoms with E-state index in [4.69, 9.17) is 11.6 Å². The van der Waals surface area contributed by atoms with Crippen molar-refractivity contribution in [2.45, 2.75) is 39.7 Å². The third kappa shape index (κ3) is 3.41. The van der Waals surface area contributed by atoms with Gasteiger partial charge in [0.15, 0.2) is 0 Å². The maximum Gasteiger partial charge on any atom is 0.0835 e. The van der Waals surface area contributed by atoms with Gasteiger partial charge in [-0.1, -0.05) is 44.0 Å². The van der Waals surface area contributed by atoms with Crippen molar-refractivity contribution in [3.8, 4) is 5.69 Å². The Balaban J connectivity index is 2.31. The molecule has 1 N–H and O–H groups in total. The van der Waals surface area contributed by atoms with Crippen LogP contribution in [0.4, 0.5) is 0 Å². The molecule has 0 aliphatic rings. The molecule has 0 fully saturated rings. The van der Waals surface area contributed by atoms with Gasteiger partial charge in [0.2, 0.25) is 0 Å². The molecule has 0 saturated carbocycles. The molecule has 0 atom stereocenters. The molecule has 108 valence electrons. The molecule has 2 aromatic rings. The van der Waals surface area contributed by atoms with E-state index in [0.29, 0.717) is 0 Å². The van der Waals surface area contributed by atoms with Crippen LogP contribution in [0.1, 0.15) is 37.9 Å². The fourth-order valence-electron chi connectivity index (χ4n) is 2.29. The summed E-state index contributed by atoms with van der Waals surface area (Å²) in [7, 11) is 0. The van der Waals surface area contributed by atoms with Crippen LogP contribution < -0.4 is 5.32 Å². The average Bonchev–Trinajstić information content (AvgIpc) is 2.83. The Morgan fingerprint density at radius 2 is 2.00 bits per heavy atom. The van der Waals surface area contributed by atoms with Crippen molar-refractivity contribution in [2.75, 3.05) is 6.54 Å². The number of halogens is 1. The summed E-state index contributed by atoms with van der Waals surface area (Å²) in [5.41, 5.74) is 3.48. The number of para-hydroxylation sites is 1. The Morgan fingerprint density at radius 1 is 1.20 bits per heavy atom. The second-order valence-electron chi connectivity index (χ2n) is 4.91. The molecule has 1 aromatic heterocycles. The van der Waals surface area contributed by atoms with Gasteiger partial charge in [0, 0.05) is 17.8 Å². The van der Waals surface area contributed by atoms with Crippen molar-refractivity contribution in [2.24, 2.45) is 0 Å². The average molecular weight is 292 g/mol. The zero-order valence-electron chi connectivity index (χ0n) is 12.2. The van der Waals surface area contributed by atoms with Crippen LogP contribution in [0.25, 0.3) is 5.69 Å².